The molecule has 3 aromatic rings. The van der Waals surface area contributed by atoms with Crippen molar-refractivity contribution in [3.8, 4) is 11.1 Å². The lowest BCUT2D eigenvalue weighted by molar-refractivity contribution is 0.0697. The van der Waals surface area contributed by atoms with Gasteiger partial charge in [0.1, 0.15) is 0 Å². The smallest absolute Gasteiger partial charge is 0.336 e. The van der Waals surface area contributed by atoms with Gasteiger partial charge in [0.15, 0.2) is 0 Å². The van der Waals surface area contributed by atoms with Crippen molar-refractivity contribution in [3.63, 3.8) is 0 Å². The van der Waals surface area contributed by atoms with Crippen LogP contribution in [0.4, 0.5) is 0 Å². The molecule has 0 aliphatic heterocycles. The Balaban J connectivity index is 1.63. The molecule has 1 saturated carbocycles. The molecule has 1 aliphatic carbocycles. The number of rotatable bonds is 7. The van der Waals surface area contributed by atoms with E-state index in [9.17, 15) is 14.7 Å². The fourth-order valence-electron chi connectivity index (χ4n) is 4.81. The SMILES string of the molecule is CC(C)Cc1cn(C2CCCCC2)c(=O)n1Cc1ccc(-c2ccccc2C(=O)O)cc1. The number of nitrogens with zero attached hydrogens (tertiary/aromatic N) is 2. The van der Waals surface area contributed by atoms with Gasteiger partial charge in [-0.2, -0.15) is 0 Å². The van der Waals surface area contributed by atoms with Gasteiger partial charge >= 0.3 is 11.7 Å². The number of carboxylic acids is 1. The number of hydrogen-bond acceptors (Lipinski definition) is 2. The van der Waals surface area contributed by atoms with Crippen molar-refractivity contribution in [1.29, 1.82) is 0 Å². The predicted molar refractivity (Wildman–Crippen MR) is 127 cm³/mol. The van der Waals surface area contributed by atoms with E-state index in [4.69, 9.17) is 0 Å². The average Bonchev–Trinajstić information content (AvgIpc) is 3.09. The van der Waals surface area contributed by atoms with E-state index in [1.165, 1.54) is 19.3 Å². The second-order valence-electron chi connectivity index (χ2n) is 9.33. The molecule has 1 aliphatic rings. The molecule has 1 aromatic heterocycles. The van der Waals surface area contributed by atoms with Crippen molar-refractivity contribution in [2.24, 2.45) is 5.92 Å². The van der Waals surface area contributed by atoms with Gasteiger partial charge in [-0.15, -0.1) is 0 Å². The molecule has 0 unspecified atom stereocenters. The molecule has 0 spiro atoms. The number of carboxylic acid groups (broad SMARTS) is 1. The number of aromatic carboxylic acids is 1. The quantitative estimate of drug-likeness (QED) is 0.516. The van der Waals surface area contributed by atoms with Crippen molar-refractivity contribution in [2.75, 3.05) is 0 Å². The molecule has 5 heteroatoms. The van der Waals surface area contributed by atoms with Crippen molar-refractivity contribution >= 4 is 5.97 Å². The van der Waals surface area contributed by atoms with E-state index in [0.29, 0.717) is 29.6 Å². The number of carbonyl (C=O) groups is 1. The minimum Gasteiger partial charge on any atom is -0.478 e. The Morgan fingerprint density at radius 1 is 1.03 bits per heavy atom. The van der Waals surface area contributed by atoms with Crippen LogP contribution in [-0.4, -0.2) is 20.2 Å². The second kappa shape index (κ2) is 9.60. The summed E-state index contributed by atoms with van der Waals surface area (Å²) in [5.74, 6) is -0.462. The van der Waals surface area contributed by atoms with E-state index in [1.54, 1.807) is 12.1 Å². The first-order valence-electron chi connectivity index (χ1n) is 11.7. The monoisotopic (exact) mass is 432 g/mol. The van der Waals surface area contributed by atoms with Crippen LogP contribution in [0.3, 0.4) is 0 Å². The maximum atomic E-state index is 13.3. The molecule has 1 heterocycles. The van der Waals surface area contributed by atoms with Crippen molar-refractivity contribution < 1.29 is 9.90 Å². The van der Waals surface area contributed by atoms with E-state index in [2.05, 4.69) is 20.0 Å². The zero-order valence-corrected chi connectivity index (χ0v) is 19.0. The molecule has 1 N–H and O–H groups in total. The lowest BCUT2D eigenvalue weighted by atomic mass is 9.95. The highest BCUT2D eigenvalue weighted by Gasteiger charge is 2.21. The Bertz CT molecular complexity index is 1130. The second-order valence-corrected chi connectivity index (χ2v) is 9.33. The predicted octanol–water partition coefficient (Wildman–Crippen LogP) is 5.77. The lowest BCUT2D eigenvalue weighted by Gasteiger charge is -2.22. The number of imidazole rings is 1. The third-order valence-electron chi connectivity index (χ3n) is 6.44. The van der Waals surface area contributed by atoms with Crippen LogP contribution in [0, 0.1) is 5.92 Å². The minimum absolute atomic E-state index is 0.0906. The molecule has 0 radical (unpaired) electrons. The van der Waals surface area contributed by atoms with Gasteiger partial charge in [-0.05, 0) is 47.9 Å². The average molecular weight is 433 g/mol. The minimum atomic E-state index is -0.932. The Kier molecular flexibility index (Phi) is 6.63. The fourth-order valence-corrected chi connectivity index (χ4v) is 4.81. The fraction of sp³-hybridized carbons (Fsp3) is 0.407. The van der Waals surface area contributed by atoms with Crippen LogP contribution in [-0.2, 0) is 13.0 Å². The molecule has 168 valence electrons. The summed E-state index contributed by atoms with van der Waals surface area (Å²) in [7, 11) is 0. The largest absolute Gasteiger partial charge is 0.478 e. The zero-order valence-electron chi connectivity index (χ0n) is 19.0. The lowest BCUT2D eigenvalue weighted by Crippen LogP contribution is -2.29. The third kappa shape index (κ3) is 4.72. The van der Waals surface area contributed by atoms with Gasteiger partial charge in [0, 0.05) is 17.9 Å². The molecule has 0 bridgehead atoms. The van der Waals surface area contributed by atoms with E-state index >= 15 is 0 Å². The summed E-state index contributed by atoms with van der Waals surface area (Å²) in [6, 6.07) is 15.2. The normalized spacial score (nSPS) is 14.7. The molecule has 0 amide bonds. The highest BCUT2D eigenvalue weighted by Crippen LogP contribution is 2.28. The Morgan fingerprint density at radius 2 is 1.72 bits per heavy atom. The summed E-state index contributed by atoms with van der Waals surface area (Å²) in [6.07, 6.45) is 8.80. The van der Waals surface area contributed by atoms with Crippen molar-refractivity contribution in [2.45, 2.75) is 65.0 Å². The summed E-state index contributed by atoms with van der Waals surface area (Å²) in [5, 5.41) is 9.48. The van der Waals surface area contributed by atoms with Crippen LogP contribution in [0.2, 0.25) is 0 Å². The number of aromatic nitrogens is 2. The van der Waals surface area contributed by atoms with Gasteiger partial charge in [0.05, 0.1) is 12.1 Å². The van der Waals surface area contributed by atoms with Crippen LogP contribution in [0.5, 0.6) is 0 Å². The van der Waals surface area contributed by atoms with E-state index in [0.717, 1.165) is 36.1 Å². The van der Waals surface area contributed by atoms with Crippen LogP contribution in [0.15, 0.2) is 59.5 Å². The standard InChI is InChI=1S/C27H32N2O3/c1-19(2)16-23-18-29(22-8-4-3-5-9-22)27(32)28(23)17-20-12-14-21(15-13-20)24-10-6-7-11-25(24)26(30)31/h6-7,10-15,18-19,22H,3-5,8-9,16-17H2,1-2H3,(H,30,31). The number of benzene rings is 2. The first kappa shape index (κ1) is 22.1. The molecule has 32 heavy (non-hydrogen) atoms. The molecule has 4 rings (SSSR count). The molecular weight excluding hydrogens is 400 g/mol. The summed E-state index contributed by atoms with van der Waals surface area (Å²) < 4.78 is 3.91. The van der Waals surface area contributed by atoms with E-state index < -0.39 is 5.97 Å². The molecule has 1 fully saturated rings. The van der Waals surface area contributed by atoms with Gasteiger partial charge in [-0.25, -0.2) is 9.59 Å². The summed E-state index contributed by atoms with van der Waals surface area (Å²) in [6.45, 7) is 4.89. The Morgan fingerprint density at radius 3 is 2.38 bits per heavy atom. The molecule has 0 saturated heterocycles. The van der Waals surface area contributed by atoms with Gasteiger partial charge in [-0.3, -0.25) is 9.13 Å². The van der Waals surface area contributed by atoms with Crippen molar-refractivity contribution in [1.82, 2.24) is 9.13 Å². The number of hydrogen-bond donors (Lipinski definition) is 1. The van der Waals surface area contributed by atoms with E-state index in [1.807, 2.05) is 45.5 Å². The molecule has 2 aromatic carbocycles. The summed E-state index contributed by atoms with van der Waals surface area (Å²) >= 11 is 0. The Hall–Kier alpha value is -3.08. The highest BCUT2D eigenvalue weighted by molar-refractivity contribution is 5.95. The van der Waals surface area contributed by atoms with Crippen LogP contribution < -0.4 is 5.69 Å². The first-order chi connectivity index (χ1) is 15.4. The third-order valence-corrected chi connectivity index (χ3v) is 6.44. The molecule has 0 atom stereocenters. The van der Waals surface area contributed by atoms with Crippen LogP contribution >= 0.6 is 0 Å². The van der Waals surface area contributed by atoms with Crippen LogP contribution in [0.1, 0.15) is 73.6 Å². The maximum absolute atomic E-state index is 13.3. The maximum Gasteiger partial charge on any atom is 0.336 e. The van der Waals surface area contributed by atoms with Gasteiger partial charge < -0.3 is 5.11 Å². The topological polar surface area (TPSA) is 64.2 Å². The summed E-state index contributed by atoms with van der Waals surface area (Å²) in [4.78, 5) is 24.9. The summed E-state index contributed by atoms with van der Waals surface area (Å²) in [5.41, 5.74) is 4.08. The van der Waals surface area contributed by atoms with Crippen LogP contribution in [0.25, 0.3) is 11.1 Å². The molecular formula is C27H32N2O3. The van der Waals surface area contributed by atoms with Crippen molar-refractivity contribution in [3.05, 3.63) is 82.0 Å². The van der Waals surface area contributed by atoms with Gasteiger partial charge in [0.25, 0.3) is 0 Å². The zero-order chi connectivity index (χ0) is 22.7. The molecule has 5 nitrogen and oxygen atoms in total. The first-order valence-corrected chi connectivity index (χ1v) is 11.7. The van der Waals surface area contributed by atoms with Gasteiger partial charge in [-0.1, -0.05) is 75.6 Å². The van der Waals surface area contributed by atoms with Gasteiger partial charge in [0.2, 0.25) is 0 Å². The Labute approximate surface area is 189 Å². The van der Waals surface area contributed by atoms with E-state index in [-0.39, 0.29) is 5.69 Å². The highest BCUT2D eigenvalue weighted by atomic mass is 16.4.